The molecular weight excluding hydrogens is 308 g/mol. The molecule has 0 aromatic heterocycles. The van der Waals surface area contributed by atoms with Gasteiger partial charge in [0.25, 0.3) is 0 Å². The van der Waals surface area contributed by atoms with E-state index in [4.69, 9.17) is 9.47 Å². The molecule has 0 heterocycles. The molecular formula is C23H44O2. The molecule has 0 spiro atoms. The van der Waals surface area contributed by atoms with E-state index in [9.17, 15) is 0 Å². The molecule has 0 N–H and O–H groups in total. The maximum Gasteiger partial charge on any atom is 0.155 e. The van der Waals surface area contributed by atoms with Gasteiger partial charge >= 0.3 is 0 Å². The van der Waals surface area contributed by atoms with E-state index in [1.165, 1.54) is 51.4 Å². The van der Waals surface area contributed by atoms with Crippen molar-refractivity contribution in [1.29, 1.82) is 0 Å². The van der Waals surface area contributed by atoms with Gasteiger partial charge in [-0.1, -0.05) is 47.0 Å². The Hall–Kier alpha value is -0.0800. The zero-order chi connectivity index (χ0) is 18.4. The van der Waals surface area contributed by atoms with E-state index >= 15 is 0 Å². The van der Waals surface area contributed by atoms with Crippen molar-refractivity contribution in [2.45, 2.75) is 105 Å². The SMILES string of the molecule is CCOC(C)OC1CCCCC2C1CCCC2C(CC(C)C)C(C)C. The fourth-order valence-corrected chi connectivity index (χ4v) is 5.87. The van der Waals surface area contributed by atoms with Crippen LogP contribution in [0.4, 0.5) is 0 Å². The van der Waals surface area contributed by atoms with Crippen LogP contribution in [0.3, 0.4) is 0 Å². The van der Waals surface area contributed by atoms with Gasteiger partial charge in [0.05, 0.1) is 6.10 Å². The third kappa shape index (κ3) is 5.96. The van der Waals surface area contributed by atoms with E-state index in [0.29, 0.717) is 6.10 Å². The second kappa shape index (κ2) is 10.3. The number of ether oxygens (including phenoxy) is 2. The van der Waals surface area contributed by atoms with E-state index in [1.54, 1.807) is 0 Å². The molecule has 2 rings (SSSR count). The lowest BCUT2D eigenvalue weighted by Crippen LogP contribution is -2.41. The highest BCUT2D eigenvalue weighted by atomic mass is 16.7. The lowest BCUT2D eigenvalue weighted by atomic mass is 9.61. The Labute approximate surface area is 157 Å². The largest absolute Gasteiger partial charge is 0.353 e. The van der Waals surface area contributed by atoms with E-state index in [1.807, 2.05) is 0 Å². The molecule has 2 nitrogen and oxygen atoms in total. The first-order valence-corrected chi connectivity index (χ1v) is 11.2. The van der Waals surface area contributed by atoms with Crippen molar-refractivity contribution in [3.63, 3.8) is 0 Å². The molecule has 2 aliphatic carbocycles. The van der Waals surface area contributed by atoms with E-state index < -0.39 is 0 Å². The molecule has 0 aromatic carbocycles. The van der Waals surface area contributed by atoms with Crippen LogP contribution in [0.1, 0.15) is 92.9 Å². The normalized spacial score (nSPS) is 33.1. The van der Waals surface area contributed by atoms with Gasteiger partial charge in [0.1, 0.15) is 0 Å². The summed E-state index contributed by atoms with van der Waals surface area (Å²) in [7, 11) is 0. The summed E-state index contributed by atoms with van der Waals surface area (Å²) in [5.74, 6) is 5.04. The Kier molecular flexibility index (Phi) is 8.75. The number of rotatable bonds is 8. The topological polar surface area (TPSA) is 18.5 Å². The fraction of sp³-hybridized carbons (Fsp3) is 1.00. The summed E-state index contributed by atoms with van der Waals surface area (Å²) in [6.45, 7) is 14.6. The molecule has 0 saturated heterocycles. The summed E-state index contributed by atoms with van der Waals surface area (Å²) in [6, 6.07) is 0. The Morgan fingerprint density at radius 1 is 0.840 bits per heavy atom. The third-order valence-corrected chi connectivity index (χ3v) is 6.85. The van der Waals surface area contributed by atoms with Crippen molar-refractivity contribution < 1.29 is 9.47 Å². The Morgan fingerprint density at radius 2 is 1.52 bits per heavy atom. The lowest BCUT2D eigenvalue weighted by molar-refractivity contribution is -0.181. The summed E-state index contributed by atoms with van der Waals surface area (Å²) < 4.78 is 12.1. The maximum atomic E-state index is 6.43. The summed E-state index contributed by atoms with van der Waals surface area (Å²) in [6.07, 6.45) is 11.4. The first-order chi connectivity index (χ1) is 11.9. The molecule has 0 amide bonds. The minimum atomic E-state index is -0.0503. The molecule has 2 heteroatoms. The zero-order valence-electron chi connectivity index (χ0n) is 17.8. The molecule has 25 heavy (non-hydrogen) atoms. The Morgan fingerprint density at radius 3 is 2.16 bits per heavy atom. The summed E-state index contributed by atoms with van der Waals surface area (Å²) in [5, 5.41) is 0. The van der Waals surface area contributed by atoms with Gasteiger partial charge in [0.2, 0.25) is 0 Å². The lowest BCUT2D eigenvalue weighted by Gasteiger charge is -2.46. The third-order valence-electron chi connectivity index (χ3n) is 6.85. The minimum Gasteiger partial charge on any atom is -0.353 e. The quantitative estimate of drug-likeness (QED) is 0.454. The van der Waals surface area contributed by atoms with Crippen molar-refractivity contribution in [2.75, 3.05) is 6.61 Å². The van der Waals surface area contributed by atoms with Crippen LogP contribution in [0.25, 0.3) is 0 Å². The molecule has 0 radical (unpaired) electrons. The molecule has 0 aliphatic heterocycles. The van der Waals surface area contributed by atoms with Gasteiger partial charge in [-0.05, 0) is 81.5 Å². The standard InChI is InChI=1S/C23H44O2/c1-7-24-18(6)25-23-14-9-8-11-19-20(12-10-13-21(19)23)22(17(4)5)15-16(2)3/h16-23H,7-15H2,1-6H3. The van der Waals surface area contributed by atoms with Crippen LogP contribution in [0.2, 0.25) is 0 Å². The predicted molar refractivity (Wildman–Crippen MR) is 107 cm³/mol. The Bertz CT molecular complexity index is 365. The van der Waals surface area contributed by atoms with Crippen molar-refractivity contribution in [2.24, 2.45) is 35.5 Å². The van der Waals surface area contributed by atoms with Crippen LogP contribution in [0.5, 0.6) is 0 Å². The molecule has 2 saturated carbocycles. The fourth-order valence-electron chi connectivity index (χ4n) is 5.87. The highest BCUT2D eigenvalue weighted by molar-refractivity contribution is 4.92. The van der Waals surface area contributed by atoms with Crippen LogP contribution in [-0.2, 0) is 9.47 Å². The van der Waals surface area contributed by atoms with Crippen LogP contribution in [0, 0.1) is 35.5 Å². The number of fused-ring (bicyclic) bond motifs is 1. The zero-order valence-corrected chi connectivity index (χ0v) is 17.8. The average molecular weight is 353 g/mol. The van der Waals surface area contributed by atoms with Gasteiger partial charge < -0.3 is 9.47 Å². The smallest absolute Gasteiger partial charge is 0.155 e. The maximum absolute atomic E-state index is 6.43. The van der Waals surface area contributed by atoms with Gasteiger partial charge in [-0.25, -0.2) is 0 Å². The highest BCUT2D eigenvalue weighted by Crippen LogP contribution is 2.49. The van der Waals surface area contributed by atoms with E-state index in [-0.39, 0.29) is 6.29 Å². The number of hydrogen-bond donors (Lipinski definition) is 0. The van der Waals surface area contributed by atoms with Crippen LogP contribution >= 0.6 is 0 Å². The molecule has 148 valence electrons. The van der Waals surface area contributed by atoms with Crippen molar-refractivity contribution in [1.82, 2.24) is 0 Å². The summed E-state index contributed by atoms with van der Waals surface area (Å²) >= 11 is 0. The van der Waals surface area contributed by atoms with E-state index in [0.717, 1.165) is 42.1 Å². The van der Waals surface area contributed by atoms with E-state index in [2.05, 4.69) is 41.5 Å². The minimum absolute atomic E-state index is 0.0503. The average Bonchev–Trinajstić information content (AvgIpc) is 2.75. The van der Waals surface area contributed by atoms with Crippen LogP contribution in [-0.4, -0.2) is 19.0 Å². The predicted octanol–water partition coefficient (Wildman–Crippen LogP) is 6.68. The first kappa shape index (κ1) is 21.2. The molecule has 0 aromatic rings. The summed E-state index contributed by atoms with van der Waals surface area (Å²) in [4.78, 5) is 0. The van der Waals surface area contributed by atoms with Gasteiger partial charge in [0, 0.05) is 6.61 Å². The molecule has 2 aliphatic rings. The molecule has 0 bridgehead atoms. The monoisotopic (exact) mass is 352 g/mol. The molecule has 6 atom stereocenters. The first-order valence-electron chi connectivity index (χ1n) is 11.2. The molecule has 2 fully saturated rings. The molecule has 6 unspecified atom stereocenters. The van der Waals surface area contributed by atoms with Gasteiger partial charge in [0.15, 0.2) is 6.29 Å². The van der Waals surface area contributed by atoms with Crippen molar-refractivity contribution in [3.8, 4) is 0 Å². The van der Waals surface area contributed by atoms with Gasteiger partial charge in [-0.15, -0.1) is 0 Å². The van der Waals surface area contributed by atoms with Crippen LogP contribution in [0.15, 0.2) is 0 Å². The second-order valence-corrected chi connectivity index (χ2v) is 9.44. The Balaban J connectivity index is 2.13. The second-order valence-electron chi connectivity index (χ2n) is 9.44. The number of hydrogen-bond acceptors (Lipinski definition) is 2. The van der Waals surface area contributed by atoms with Gasteiger partial charge in [-0.3, -0.25) is 0 Å². The summed E-state index contributed by atoms with van der Waals surface area (Å²) in [5.41, 5.74) is 0. The van der Waals surface area contributed by atoms with Crippen molar-refractivity contribution >= 4 is 0 Å². The highest BCUT2D eigenvalue weighted by Gasteiger charge is 2.43. The van der Waals surface area contributed by atoms with Crippen LogP contribution < -0.4 is 0 Å². The van der Waals surface area contributed by atoms with Crippen molar-refractivity contribution in [3.05, 3.63) is 0 Å². The van der Waals surface area contributed by atoms with Gasteiger partial charge in [-0.2, -0.15) is 0 Å².